The molecular weight excluding hydrogens is 312 g/mol. The predicted octanol–water partition coefficient (Wildman–Crippen LogP) is 3.28. The normalized spacial score (nSPS) is 10.6. The topological polar surface area (TPSA) is 68.3 Å². The van der Waals surface area contributed by atoms with Gasteiger partial charge in [-0.15, -0.1) is 0 Å². The van der Waals surface area contributed by atoms with Crippen LogP contribution in [0.4, 0.5) is 5.69 Å². The number of rotatable bonds is 6. The summed E-state index contributed by atoms with van der Waals surface area (Å²) in [6, 6.07) is 8.82. The van der Waals surface area contributed by atoms with Gasteiger partial charge in [0.2, 0.25) is 0 Å². The molecule has 6 heteroatoms. The maximum Gasteiger partial charge on any atom is 0.275 e. The van der Waals surface area contributed by atoms with Crippen molar-refractivity contribution in [1.82, 2.24) is 5.32 Å². The summed E-state index contributed by atoms with van der Waals surface area (Å²) in [7, 11) is 0. The number of benzene rings is 1. The van der Waals surface area contributed by atoms with Gasteiger partial charge in [0.05, 0.1) is 11.2 Å². The fourth-order valence-corrected chi connectivity index (χ4v) is 2.09. The Hall–Kier alpha value is -1.66. The SMILES string of the molecule is O=[N+]([O-])c1cc(Br)ccc1CNCCc1ccco1. The summed E-state index contributed by atoms with van der Waals surface area (Å²) in [6.45, 7) is 1.17. The lowest BCUT2D eigenvalue weighted by Gasteiger charge is -2.05. The second-order valence-electron chi connectivity index (χ2n) is 4.04. The van der Waals surface area contributed by atoms with Crippen LogP contribution in [-0.4, -0.2) is 11.5 Å². The van der Waals surface area contributed by atoms with E-state index >= 15 is 0 Å². The fraction of sp³-hybridized carbons (Fsp3) is 0.231. The van der Waals surface area contributed by atoms with Gasteiger partial charge < -0.3 is 9.73 Å². The van der Waals surface area contributed by atoms with Gasteiger partial charge >= 0.3 is 0 Å². The minimum absolute atomic E-state index is 0.125. The van der Waals surface area contributed by atoms with Crippen LogP contribution in [0.25, 0.3) is 0 Å². The van der Waals surface area contributed by atoms with Crippen molar-refractivity contribution in [3.8, 4) is 0 Å². The molecule has 0 spiro atoms. The molecule has 1 heterocycles. The Kier molecular flexibility index (Phi) is 4.70. The molecule has 2 aromatic rings. The Morgan fingerprint density at radius 2 is 2.21 bits per heavy atom. The molecule has 0 atom stereocenters. The third kappa shape index (κ3) is 3.90. The highest BCUT2D eigenvalue weighted by molar-refractivity contribution is 9.10. The lowest BCUT2D eigenvalue weighted by atomic mass is 10.2. The zero-order chi connectivity index (χ0) is 13.7. The summed E-state index contributed by atoms with van der Waals surface area (Å²) in [4.78, 5) is 10.6. The van der Waals surface area contributed by atoms with Crippen molar-refractivity contribution in [2.24, 2.45) is 0 Å². The standard InChI is InChI=1S/C13H13BrN2O3/c14-11-4-3-10(13(8-11)16(17)18)9-15-6-5-12-2-1-7-19-12/h1-4,7-8,15H,5-6,9H2. The first-order valence-corrected chi connectivity index (χ1v) is 6.62. The van der Waals surface area contributed by atoms with Crippen LogP contribution < -0.4 is 5.32 Å². The van der Waals surface area contributed by atoms with Crippen molar-refractivity contribution in [3.05, 3.63) is 62.5 Å². The van der Waals surface area contributed by atoms with Crippen molar-refractivity contribution in [3.63, 3.8) is 0 Å². The van der Waals surface area contributed by atoms with Gasteiger partial charge in [0.15, 0.2) is 0 Å². The van der Waals surface area contributed by atoms with E-state index in [1.807, 2.05) is 12.1 Å². The average molecular weight is 325 g/mol. The zero-order valence-corrected chi connectivity index (χ0v) is 11.7. The molecule has 0 aliphatic heterocycles. The average Bonchev–Trinajstić information content (AvgIpc) is 2.89. The largest absolute Gasteiger partial charge is 0.469 e. The lowest BCUT2D eigenvalue weighted by Crippen LogP contribution is -2.17. The maximum absolute atomic E-state index is 10.9. The number of furan rings is 1. The van der Waals surface area contributed by atoms with E-state index in [0.29, 0.717) is 23.1 Å². The quantitative estimate of drug-likeness (QED) is 0.503. The number of nitro benzene ring substituents is 1. The van der Waals surface area contributed by atoms with E-state index in [2.05, 4.69) is 21.2 Å². The molecule has 0 saturated carbocycles. The first-order chi connectivity index (χ1) is 9.16. The van der Waals surface area contributed by atoms with Crippen LogP contribution in [0, 0.1) is 10.1 Å². The molecule has 0 aliphatic carbocycles. The highest BCUT2D eigenvalue weighted by Crippen LogP contribution is 2.23. The highest BCUT2D eigenvalue weighted by Gasteiger charge is 2.13. The molecule has 0 aliphatic rings. The Labute approximate surface area is 118 Å². The Morgan fingerprint density at radius 3 is 2.89 bits per heavy atom. The van der Waals surface area contributed by atoms with Crippen molar-refractivity contribution in [1.29, 1.82) is 0 Å². The predicted molar refractivity (Wildman–Crippen MR) is 74.9 cm³/mol. The summed E-state index contributed by atoms with van der Waals surface area (Å²) in [6.07, 6.45) is 2.40. The van der Waals surface area contributed by atoms with Gasteiger partial charge in [0, 0.05) is 35.6 Å². The van der Waals surface area contributed by atoms with Gasteiger partial charge in [-0.25, -0.2) is 0 Å². The van der Waals surface area contributed by atoms with Crippen LogP contribution in [0.3, 0.4) is 0 Å². The maximum atomic E-state index is 10.9. The van der Waals surface area contributed by atoms with Crippen molar-refractivity contribution < 1.29 is 9.34 Å². The molecule has 0 amide bonds. The van der Waals surface area contributed by atoms with Crippen LogP contribution in [0.5, 0.6) is 0 Å². The molecule has 0 saturated heterocycles. The molecular formula is C13H13BrN2O3. The molecule has 1 aromatic carbocycles. The van der Waals surface area contributed by atoms with Gasteiger partial charge in [0.1, 0.15) is 5.76 Å². The van der Waals surface area contributed by atoms with Crippen molar-refractivity contribution >= 4 is 21.6 Å². The number of halogens is 1. The fourth-order valence-electron chi connectivity index (χ4n) is 1.75. The summed E-state index contributed by atoms with van der Waals surface area (Å²) in [5, 5.41) is 14.1. The van der Waals surface area contributed by atoms with Crippen LogP contribution in [0.2, 0.25) is 0 Å². The Bertz CT molecular complexity index is 555. The molecule has 0 bridgehead atoms. The molecule has 0 unspecified atom stereocenters. The van der Waals surface area contributed by atoms with E-state index in [1.165, 1.54) is 6.07 Å². The third-order valence-corrected chi connectivity index (χ3v) is 3.18. The van der Waals surface area contributed by atoms with Crippen LogP contribution in [0.15, 0.2) is 45.5 Å². The van der Waals surface area contributed by atoms with E-state index in [-0.39, 0.29) is 10.6 Å². The monoisotopic (exact) mass is 324 g/mol. The van der Waals surface area contributed by atoms with Gasteiger partial charge in [-0.2, -0.15) is 0 Å². The number of nitrogens with zero attached hydrogens (tertiary/aromatic N) is 1. The van der Waals surface area contributed by atoms with Crippen LogP contribution >= 0.6 is 15.9 Å². The van der Waals surface area contributed by atoms with Gasteiger partial charge in [0.25, 0.3) is 5.69 Å². The first-order valence-electron chi connectivity index (χ1n) is 5.83. The van der Waals surface area contributed by atoms with Crippen LogP contribution in [0.1, 0.15) is 11.3 Å². The molecule has 1 N–H and O–H groups in total. The minimum atomic E-state index is -0.367. The third-order valence-electron chi connectivity index (χ3n) is 2.69. The summed E-state index contributed by atoms with van der Waals surface area (Å²) < 4.78 is 5.92. The molecule has 19 heavy (non-hydrogen) atoms. The molecule has 0 radical (unpaired) electrons. The number of hydrogen-bond donors (Lipinski definition) is 1. The second-order valence-corrected chi connectivity index (χ2v) is 4.95. The number of nitrogens with one attached hydrogen (secondary N) is 1. The molecule has 100 valence electrons. The van der Waals surface area contributed by atoms with Crippen molar-refractivity contribution in [2.45, 2.75) is 13.0 Å². The molecule has 2 rings (SSSR count). The number of nitro groups is 1. The second kappa shape index (κ2) is 6.49. The smallest absolute Gasteiger partial charge is 0.275 e. The van der Waals surface area contributed by atoms with E-state index < -0.39 is 0 Å². The van der Waals surface area contributed by atoms with Crippen LogP contribution in [-0.2, 0) is 13.0 Å². The first kappa shape index (κ1) is 13.8. The minimum Gasteiger partial charge on any atom is -0.469 e. The van der Waals surface area contributed by atoms with E-state index in [0.717, 1.165) is 12.2 Å². The number of hydrogen-bond acceptors (Lipinski definition) is 4. The summed E-state index contributed by atoms with van der Waals surface area (Å²) >= 11 is 3.24. The van der Waals surface area contributed by atoms with E-state index in [1.54, 1.807) is 18.4 Å². The van der Waals surface area contributed by atoms with Gasteiger partial charge in [-0.3, -0.25) is 10.1 Å². The van der Waals surface area contributed by atoms with E-state index in [4.69, 9.17) is 4.42 Å². The zero-order valence-electron chi connectivity index (χ0n) is 10.1. The molecule has 1 aromatic heterocycles. The van der Waals surface area contributed by atoms with Gasteiger partial charge in [-0.1, -0.05) is 15.9 Å². The van der Waals surface area contributed by atoms with Crippen molar-refractivity contribution in [2.75, 3.05) is 6.54 Å². The lowest BCUT2D eigenvalue weighted by molar-refractivity contribution is -0.385. The molecule has 5 nitrogen and oxygen atoms in total. The summed E-state index contributed by atoms with van der Waals surface area (Å²) in [5.41, 5.74) is 0.799. The Balaban J connectivity index is 1.90. The van der Waals surface area contributed by atoms with E-state index in [9.17, 15) is 10.1 Å². The summed E-state index contributed by atoms with van der Waals surface area (Å²) in [5.74, 6) is 0.901. The van der Waals surface area contributed by atoms with Gasteiger partial charge in [-0.05, 0) is 24.3 Å². The molecule has 0 fully saturated rings. The Morgan fingerprint density at radius 1 is 1.37 bits per heavy atom. The highest BCUT2D eigenvalue weighted by atomic mass is 79.9.